The number of fused-ring (bicyclic) bond motifs is 1. The lowest BCUT2D eigenvalue weighted by Gasteiger charge is -2.32. The molecule has 0 atom stereocenters. The van der Waals surface area contributed by atoms with E-state index in [2.05, 4.69) is 24.8 Å². The first-order valence-electron chi connectivity index (χ1n) is 10.5. The van der Waals surface area contributed by atoms with Crippen molar-refractivity contribution >= 4 is 28.8 Å². The van der Waals surface area contributed by atoms with Crippen molar-refractivity contribution in [2.24, 2.45) is 5.92 Å². The highest BCUT2D eigenvalue weighted by atomic mass is 35.5. The van der Waals surface area contributed by atoms with Crippen LogP contribution >= 0.6 is 22.9 Å². The Bertz CT molecular complexity index is 858. The number of halogens is 1. The van der Waals surface area contributed by atoms with Gasteiger partial charge >= 0.3 is 0 Å². The molecule has 6 heteroatoms. The van der Waals surface area contributed by atoms with Crippen molar-refractivity contribution in [3.8, 4) is 5.06 Å². The predicted molar refractivity (Wildman–Crippen MR) is 119 cm³/mol. The van der Waals surface area contributed by atoms with Crippen LogP contribution in [0.15, 0.2) is 30.3 Å². The average molecular weight is 433 g/mol. The lowest BCUT2D eigenvalue weighted by atomic mass is 10.1. The number of carbonyl (C=O) groups is 1. The van der Waals surface area contributed by atoms with Crippen molar-refractivity contribution in [2.45, 2.75) is 45.8 Å². The van der Waals surface area contributed by atoms with Crippen LogP contribution in [0.5, 0.6) is 5.06 Å². The van der Waals surface area contributed by atoms with Crippen LogP contribution in [0.4, 0.5) is 0 Å². The van der Waals surface area contributed by atoms with Gasteiger partial charge in [-0.05, 0) is 48.9 Å². The Labute approximate surface area is 182 Å². The normalized spacial score (nSPS) is 18.1. The first-order chi connectivity index (χ1) is 14.0. The fraction of sp³-hybridized carbons (Fsp3) is 0.522. The monoisotopic (exact) mass is 432 g/mol. The molecule has 4 nitrogen and oxygen atoms in total. The topological polar surface area (TPSA) is 32.8 Å². The van der Waals surface area contributed by atoms with E-state index >= 15 is 0 Å². The van der Waals surface area contributed by atoms with Crippen LogP contribution in [-0.4, -0.2) is 48.0 Å². The number of nitrogens with zero attached hydrogens (tertiary/aromatic N) is 2. The Morgan fingerprint density at radius 2 is 2.00 bits per heavy atom. The van der Waals surface area contributed by atoms with Gasteiger partial charge < -0.3 is 14.5 Å². The molecule has 1 fully saturated rings. The maximum Gasteiger partial charge on any atom is 0.255 e. The Hall–Kier alpha value is -1.56. The molecule has 1 aromatic heterocycles. The second-order valence-corrected chi connectivity index (χ2v) is 9.99. The summed E-state index contributed by atoms with van der Waals surface area (Å²) in [6.07, 6.45) is 3.36. The fourth-order valence-corrected chi connectivity index (χ4v) is 5.58. The largest absolute Gasteiger partial charge is 0.481 e. The fourth-order valence-electron chi connectivity index (χ4n) is 4.22. The van der Waals surface area contributed by atoms with Crippen LogP contribution in [-0.2, 0) is 13.0 Å². The summed E-state index contributed by atoms with van der Waals surface area (Å²) < 4.78 is 6.33. The number of carbonyl (C=O) groups excluding carboxylic acids is 1. The predicted octanol–water partition coefficient (Wildman–Crippen LogP) is 5.10. The molecule has 156 valence electrons. The zero-order chi connectivity index (χ0) is 20.4. The van der Waals surface area contributed by atoms with Crippen molar-refractivity contribution in [3.63, 3.8) is 0 Å². The smallest absolute Gasteiger partial charge is 0.255 e. The molecule has 0 spiro atoms. The van der Waals surface area contributed by atoms with Gasteiger partial charge in [0.2, 0.25) is 0 Å². The number of ether oxygens (including phenoxy) is 1. The molecule has 3 heterocycles. The summed E-state index contributed by atoms with van der Waals surface area (Å²) >= 11 is 7.92. The number of hydrogen-bond acceptors (Lipinski definition) is 4. The molecular weight excluding hydrogens is 404 g/mol. The molecule has 4 rings (SSSR count). The van der Waals surface area contributed by atoms with Crippen molar-refractivity contribution in [1.82, 2.24) is 9.80 Å². The molecule has 2 aliphatic rings. The van der Waals surface area contributed by atoms with Gasteiger partial charge in [0.1, 0.15) is 6.10 Å². The van der Waals surface area contributed by atoms with E-state index in [9.17, 15) is 4.79 Å². The molecule has 0 aliphatic carbocycles. The van der Waals surface area contributed by atoms with Gasteiger partial charge in [-0.2, -0.15) is 0 Å². The van der Waals surface area contributed by atoms with Gasteiger partial charge in [0.25, 0.3) is 5.91 Å². The molecule has 0 unspecified atom stereocenters. The highest BCUT2D eigenvalue weighted by Crippen LogP contribution is 2.35. The number of benzene rings is 1. The Balaban J connectivity index is 1.35. The summed E-state index contributed by atoms with van der Waals surface area (Å²) in [5.74, 6) is 0.725. The van der Waals surface area contributed by atoms with Crippen molar-refractivity contribution < 1.29 is 9.53 Å². The molecule has 2 aliphatic heterocycles. The average Bonchev–Trinajstić information content (AvgIpc) is 3.10. The number of piperidine rings is 1. The quantitative estimate of drug-likeness (QED) is 0.658. The minimum absolute atomic E-state index is 0.00893. The second-order valence-electron chi connectivity index (χ2n) is 8.48. The van der Waals surface area contributed by atoms with Crippen molar-refractivity contribution in [1.29, 1.82) is 0 Å². The highest BCUT2D eigenvalue weighted by Gasteiger charge is 2.27. The molecule has 0 radical (unpaired) electrons. The van der Waals surface area contributed by atoms with Crippen LogP contribution in [0.1, 0.15) is 47.5 Å². The summed E-state index contributed by atoms with van der Waals surface area (Å²) in [5.41, 5.74) is 1.91. The Morgan fingerprint density at radius 1 is 1.24 bits per heavy atom. The molecule has 0 bridgehead atoms. The number of likely N-dealkylation sites (tertiary alicyclic amines) is 1. The van der Waals surface area contributed by atoms with Crippen LogP contribution < -0.4 is 4.74 Å². The van der Waals surface area contributed by atoms with E-state index in [0.717, 1.165) is 44.0 Å². The minimum atomic E-state index is 0.00893. The highest BCUT2D eigenvalue weighted by molar-refractivity contribution is 7.14. The third-order valence-corrected chi connectivity index (χ3v) is 7.07. The van der Waals surface area contributed by atoms with E-state index in [4.69, 9.17) is 16.3 Å². The van der Waals surface area contributed by atoms with Crippen LogP contribution in [0.3, 0.4) is 0 Å². The summed E-state index contributed by atoms with van der Waals surface area (Å²) in [4.78, 5) is 18.6. The number of hydrogen-bond donors (Lipinski definition) is 0. The van der Waals surface area contributed by atoms with Gasteiger partial charge in [-0.25, -0.2) is 0 Å². The summed E-state index contributed by atoms with van der Waals surface area (Å²) in [5, 5.41) is 1.52. The first kappa shape index (κ1) is 20.7. The lowest BCUT2D eigenvalue weighted by Crippen LogP contribution is -2.39. The molecule has 2 aromatic rings. The summed E-state index contributed by atoms with van der Waals surface area (Å²) in [7, 11) is 0. The molecule has 1 amide bonds. The zero-order valence-corrected chi connectivity index (χ0v) is 18.8. The first-order valence-corrected chi connectivity index (χ1v) is 11.7. The Kier molecular flexibility index (Phi) is 6.47. The SMILES string of the molecule is CC(C)CN1CCC(Oc2cc3c(s2)CN(C(=O)c2ccccc2Cl)CC3)CC1. The Morgan fingerprint density at radius 3 is 2.72 bits per heavy atom. The zero-order valence-electron chi connectivity index (χ0n) is 17.2. The van der Waals surface area contributed by atoms with Gasteiger partial charge in [-0.3, -0.25) is 4.79 Å². The number of rotatable bonds is 5. The molecule has 1 saturated heterocycles. The van der Waals surface area contributed by atoms with Gasteiger partial charge in [0.05, 0.1) is 17.1 Å². The van der Waals surface area contributed by atoms with Gasteiger partial charge in [0, 0.05) is 31.1 Å². The lowest BCUT2D eigenvalue weighted by molar-refractivity contribution is 0.0737. The van der Waals surface area contributed by atoms with E-state index in [1.807, 2.05) is 17.0 Å². The molecule has 0 saturated carbocycles. The van der Waals surface area contributed by atoms with E-state index in [1.165, 1.54) is 17.0 Å². The second kappa shape index (κ2) is 9.07. The minimum Gasteiger partial charge on any atom is -0.481 e. The van der Waals surface area contributed by atoms with Crippen molar-refractivity contribution in [2.75, 3.05) is 26.2 Å². The molecule has 1 aromatic carbocycles. The van der Waals surface area contributed by atoms with Gasteiger partial charge in [0.15, 0.2) is 5.06 Å². The van der Waals surface area contributed by atoms with Crippen LogP contribution in [0.25, 0.3) is 0 Å². The van der Waals surface area contributed by atoms with Crippen LogP contribution in [0, 0.1) is 5.92 Å². The number of amides is 1. The third kappa shape index (κ3) is 4.96. The standard InChI is InChI=1S/C23H29ClN2O2S/c1-16(2)14-25-10-8-18(9-11-25)28-22-13-17-7-12-26(15-21(17)29-22)23(27)19-5-3-4-6-20(19)24/h3-6,13,16,18H,7-12,14-15H2,1-2H3. The third-order valence-electron chi connectivity index (χ3n) is 5.69. The van der Waals surface area contributed by atoms with Gasteiger partial charge in [-0.15, -0.1) is 11.3 Å². The molecule has 0 N–H and O–H groups in total. The molecular formula is C23H29ClN2O2S. The van der Waals surface area contributed by atoms with E-state index in [-0.39, 0.29) is 5.91 Å². The molecule has 29 heavy (non-hydrogen) atoms. The van der Waals surface area contributed by atoms with Crippen molar-refractivity contribution in [3.05, 3.63) is 51.4 Å². The maximum atomic E-state index is 12.9. The van der Waals surface area contributed by atoms with Crippen LogP contribution in [0.2, 0.25) is 5.02 Å². The maximum absolute atomic E-state index is 12.9. The number of thiophene rings is 1. The summed E-state index contributed by atoms with van der Waals surface area (Å²) in [6, 6.07) is 9.47. The van der Waals surface area contributed by atoms with E-state index < -0.39 is 0 Å². The summed E-state index contributed by atoms with van der Waals surface area (Å²) in [6.45, 7) is 9.33. The van der Waals surface area contributed by atoms with E-state index in [1.54, 1.807) is 23.5 Å². The van der Waals surface area contributed by atoms with E-state index in [0.29, 0.717) is 29.2 Å². The van der Waals surface area contributed by atoms with Gasteiger partial charge in [-0.1, -0.05) is 37.6 Å².